The van der Waals surface area contributed by atoms with E-state index in [1.807, 2.05) is 6.07 Å². The molecule has 0 unspecified atom stereocenters. The highest BCUT2D eigenvalue weighted by atomic mass is 16.4. The second-order valence-electron chi connectivity index (χ2n) is 5.39. The number of carboxylic acids is 1. The number of Topliss-reactive ketones (excluding diaryl/α,β-unsaturated/α-hetero) is 1. The van der Waals surface area contributed by atoms with Crippen molar-refractivity contribution in [3.05, 3.63) is 65.7 Å². The van der Waals surface area contributed by atoms with Crippen LogP contribution in [0.1, 0.15) is 46.4 Å². The van der Waals surface area contributed by atoms with Crippen LogP contribution < -0.4 is 5.32 Å². The van der Waals surface area contributed by atoms with Crippen molar-refractivity contribution in [1.82, 2.24) is 0 Å². The van der Waals surface area contributed by atoms with E-state index >= 15 is 0 Å². The molecule has 2 aromatic rings. The number of aliphatic carboxylic acids is 1. The fourth-order valence-corrected chi connectivity index (χ4v) is 2.32. The molecule has 2 N–H and O–H groups in total. The molecule has 5 nitrogen and oxygen atoms in total. The van der Waals surface area contributed by atoms with E-state index in [9.17, 15) is 14.4 Å². The number of hydrogen-bond acceptors (Lipinski definition) is 3. The Labute approximate surface area is 140 Å². The first kappa shape index (κ1) is 17.4. The topological polar surface area (TPSA) is 83.5 Å². The van der Waals surface area contributed by atoms with E-state index in [1.165, 1.54) is 0 Å². The predicted octanol–water partition coefficient (Wildman–Crippen LogP) is 3.77. The first-order valence-corrected chi connectivity index (χ1v) is 7.78. The molecule has 0 heterocycles. The average molecular weight is 325 g/mol. The number of benzene rings is 2. The zero-order valence-corrected chi connectivity index (χ0v) is 13.2. The Morgan fingerprint density at radius 1 is 0.833 bits per heavy atom. The van der Waals surface area contributed by atoms with Gasteiger partial charge in [-0.05, 0) is 37.1 Å². The van der Waals surface area contributed by atoms with Crippen molar-refractivity contribution in [2.75, 3.05) is 5.32 Å². The Bertz CT molecular complexity index is 725. The van der Waals surface area contributed by atoms with E-state index in [0.29, 0.717) is 29.7 Å². The Morgan fingerprint density at radius 2 is 1.46 bits per heavy atom. The lowest BCUT2D eigenvalue weighted by atomic mass is 10.0. The molecule has 0 fully saturated rings. The van der Waals surface area contributed by atoms with Gasteiger partial charge in [-0.25, -0.2) is 0 Å². The van der Waals surface area contributed by atoms with Crippen molar-refractivity contribution in [3.8, 4) is 0 Å². The molecule has 0 saturated carbocycles. The van der Waals surface area contributed by atoms with Crippen molar-refractivity contribution >= 4 is 23.3 Å². The predicted molar refractivity (Wildman–Crippen MR) is 91.3 cm³/mol. The summed E-state index contributed by atoms with van der Waals surface area (Å²) in [5.74, 6) is -1.25. The number of amides is 1. The van der Waals surface area contributed by atoms with Gasteiger partial charge in [0.15, 0.2) is 5.78 Å². The second-order valence-corrected chi connectivity index (χ2v) is 5.39. The third-order valence-corrected chi connectivity index (χ3v) is 3.56. The standard InChI is InChI=1S/C19H19NO4/c21-17(12-6-7-13-18(22)23)15-10-4-5-11-16(15)20-19(24)14-8-2-1-3-9-14/h1-5,8-11H,6-7,12-13H2,(H,20,24)(H,22,23). The fraction of sp³-hybridized carbons (Fsp3) is 0.211. The highest BCUT2D eigenvalue weighted by molar-refractivity contribution is 6.09. The third kappa shape index (κ3) is 5.05. The molecular weight excluding hydrogens is 306 g/mol. The summed E-state index contributed by atoms with van der Waals surface area (Å²) in [4.78, 5) is 35.1. The van der Waals surface area contributed by atoms with Crippen LogP contribution in [0.5, 0.6) is 0 Å². The van der Waals surface area contributed by atoms with Gasteiger partial charge in [-0.2, -0.15) is 0 Å². The third-order valence-electron chi connectivity index (χ3n) is 3.56. The van der Waals surface area contributed by atoms with E-state index in [4.69, 9.17) is 5.11 Å². The van der Waals surface area contributed by atoms with Gasteiger partial charge in [-0.15, -0.1) is 0 Å². The lowest BCUT2D eigenvalue weighted by Gasteiger charge is -2.10. The van der Waals surface area contributed by atoms with Crippen LogP contribution in [-0.4, -0.2) is 22.8 Å². The van der Waals surface area contributed by atoms with Crippen molar-refractivity contribution in [1.29, 1.82) is 0 Å². The molecule has 0 aliphatic heterocycles. The van der Waals surface area contributed by atoms with E-state index < -0.39 is 5.97 Å². The zero-order chi connectivity index (χ0) is 17.4. The van der Waals surface area contributed by atoms with Gasteiger partial charge in [0, 0.05) is 24.0 Å². The Morgan fingerprint density at radius 3 is 2.17 bits per heavy atom. The number of nitrogens with one attached hydrogen (secondary N) is 1. The monoisotopic (exact) mass is 325 g/mol. The number of carbonyl (C=O) groups is 3. The smallest absolute Gasteiger partial charge is 0.303 e. The molecule has 2 rings (SSSR count). The summed E-state index contributed by atoms with van der Waals surface area (Å²) >= 11 is 0. The molecule has 0 saturated heterocycles. The maximum Gasteiger partial charge on any atom is 0.303 e. The first-order valence-electron chi connectivity index (χ1n) is 7.78. The number of ketones is 1. The van der Waals surface area contributed by atoms with Crippen molar-refractivity contribution in [3.63, 3.8) is 0 Å². The van der Waals surface area contributed by atoms with Gasteiger partial charge in [0.2, 0.25) is 0 Å². The van der Waals surface area contributed by atoms with E-state index in [-0.39, 0.29) is 24.5 Å². The number of hydrogen-bond donors (Lipinski definition) is 2. The van der Waals surface area contributed by atoms with Gasteiger partial charge in [-0.3, -0.25) is 14.4 Å². The van der Waals surface area contributed by atoms with Crippen LogP contribution in [0.2, 0.25) is 0 Å². The number of anilines is 1. The Balaban J connectivity index is 2.03. The second kappa shape index (κ2) is 8.62. The molecule has 0 aliphatic rings. The number of rotatable bonds is 8. The highest BCUT2D eigenvalue weighted by Crippen LogP contribution is 2.19. The minimum atomic E-state index is -0.863. The molecule has 1 amide bonds. The van der Waals surface area contributed by atoms with Crippen LogP contribution in [0.3, 0.4) is 0 Å². The van der Waals surface area contributed by atoms with Crippen molar-refractivity contribution in [2.45, 2.75) is 25.7 Å². The molecule has 0 spiro atoms. The Kier molecular flexibility index (Phi) is 6.25. The van der Waals surface area contributed by atoms with E-state index in [2.05, 4.69) is 5.32 Å². The number of carboxylic acid groups (broad SMARTS) is 1. The largest absolute Gasteiger partial charge is 0.481 e. The van der Waals surface area contributed by atoms with E-state index in [1.54, 1.807) is 48.5 Å². The van der Waals surface area contributed by atoms with Gasteiger partial charge in [0.05, 0.1) is 5.69 Å². The maximum absolute atomic E-state index is 12.3. The maximum atomic E-state index is 12.3. The highest BCUT2D eigenvalue weighted by Gasteiger charge is 2.13. The van der Waals surface area contributed by atoms with Crippen molar-refractivity contribution < 1.29 is 19.5 Å². The van der Waals surface area contributed by atoms with Crippen LogP contribution >= 0.6 is 0 Å². The molecule has 0 aromatic heterocycles. The lowest BCUT2D eigenvalue weighted by molar-refractivity contribution is -0.137. The minimum Gasteiger partial charge on any atom is -0.481 e. The summed E-state index contributed by atoms with van der Waals surface area (Å²) in [5.41, 5.74) is 1.42. The number of para-hydroxylation sites is 1. The van der Waals surface area contributed by atoms with Gasteiger partial charge in [-0.1, -0.05) is 30.3 Å². The quantitative estimate of drug-likeness (QED) is 0.571. The summed E-state index contributed by atoms with van der Waals surface area (Å²) in [5, 5.41) is 11.4. The molecule has 0 aliphatic carbocycles. The summed E-state index contributed by atoms with van der Waals surface area (Å²) in [6, 6.07) is 15.6. The minimum absolute atomic E-state index is 0.0552. The van der Waals surface area contributed by atoms with Crippen LogP contribution in [0.25, 0.3) is 0 Å². The molecule has 0 radical (unpaired) electrons. The summed E-state index contributed by atoms with van der Waals surface area (Å²) in [6.07, 6.45) is 1.27. The van der Waals surface area contributed by atoms with Gasteiger partial charge < -0.3 is 10.4 Å². The molecule has 0 bridgehead atoms. The Hall–Kier alpha value is -2.95. The molecule has 5 heteroatoms. The van der Waals surface area contributed by atoms with Crippen LogP contribution in [0, 0.1) is 0 Å². The molecule has 0 atom stereocenters. The molecule has 24 heavy (non-hydrogen) atoms. The molecule has 2 aromatic carbocycles. The van der Waals surface area contributed by atoms with Crippen LogP contribution in [0.15, 0.2) is 54.6 Å². The van der Waals surface area contributed by atoms with Crippen LogP contribution in [-0.2, 0) is 4.79 Å². The van der Waals surface area contributed by atoms with Crippen LogP contribution in [0.4, 0.5) is 5.69 Å². The van der Waals surface area contributed by atoms with Gasteiger partial charge in [0.25, 0.3) is 5.91 Å². The summed E-state index contributed by atoms with van der Waals surface area (Å²) in [6.45, 7) is 0. The first-order chi connectivity index (χ1) is 11.6. The fourth-order valence-electron chi connectivity index (χ4n) is 2.32. The normalized spacial score (nSPS) is 10.2. The van der Waals surface area contributed by atoms with Gasteiger partial charge in [0.1, 0.15) is 0 Å². The number of unbranched alkanes of at least 4 members (excludes halogenated alkanes) is 1. The SMILES string of the molecule is O=C(O)CCCCC(=O)c1ccccc1NC(=O)c1ccccc1. The number of carbonyl (C=O) groups excluding carboxylic acids is 2. The average Bonchev–Trinajstić information content (AvgIpc) is 2.59. The van der Waals surface area contributed by atoms with Crippen molar-refractivity contribution in [2.24, 2.45) is 0 Å². The lowest BCUT2D eigenvalue weighted by Crippen LogP contribution is -2.14. The zero-order valence-electron chi connectivity index (χ0n) is 13.2. The molecular formula is C19H19NO4. The summed E-state index contributed by atoms with van der Waals surface area (Å²) < 4.78 is 0. The van der Waals surface area contributed by atoms with E-state index in [0.717, 1.165) is 0 Å². The summed E-state index contributed by atoms with van der Waals surface area (Å²) in [7, 11) is 0. The van der Waals surface area contributed by atoms with Gasteiger partial charge >= 0.3 is 5.97 Å². The molecule has 124 valence electrons.